The van der Waals surface area contributed by atoms with Gasteiger partial charge in [0, 0.05) is 25.6 Å². The number of amides is 3. The monoisotopic (exact) mass is 415 g/mol. The molecule has 0 bridgehead atoms. The van der Waals surface area contributed by atoms with Crippen LogP contribution < -0.4 is 10.6 Å². The summed E-state index contributed by atoms with van der Waals surface area (Å²) >= 11 is 0. The third kappa shape index (κ3) is 8.98. The molecular formula is C17H26N3O7P. The zero-order chi connectivity index (χ0) is 21.5. The van der Waals surface area contributed by atoms with Gasteiger partial charge in [-0.05, 0) is 23.6 Å². The first-order valence-electron chi connectivity index (χ1n) is 8.56. The number of urea groups is 1. The van der Waals surface area contributed by atoms with E-state index in [0.717, 1.165) is 4.90 Å². The molecule has 0 saturated carbocycles. The van der Waals surface area contributed by atoms with Crippen LogP contribution in [0.15, 0.2) is 24.3 Å². The second-order valence-corrected chi connectivity index (χ2v) is 8.46. The van der Waals surface area contributed by atoms with E-state index in [2.05, 4.69) is 10.6 Å². The molecule has 0 saturated heterocycles. The van der Waals surface area contributed by atoms with E-state index >= 15 is 0 Å². The van der Waals surface area contributed by atoms with E-state index in [-0.39, 0.29) is 24.8 Å². The average molecular weight is 415 g/mol. The lowest BCUT2D eigenvalue weighted by atomic mass is 10.1. The van der Waals surface area contributed by atoms with Gasteiger partial charge in [-0.15, -0.1) is 0 Å². The normalized spacial score (nSPS) is 12.4. The van der Waals surface area contributed by atoms with Crippen LogP contribution in [0, 0.1) is 5.92 Å². The molecule has 0 heterocycles. The van der Waals surface area contributed by atoms with Crippen molar-refractivity contribution in [2.24, 2.45) is 5.92 Å². The highest BCUT2D eigenvalue weighted by Crippen LogP contribution is 2.35. The Balaban J connectivity index is 2.86. The van der Waals surface area contributed by atoms with E-state index in [1.54, 1.807) is 38.1 Å². The van der Waals surface area contributed by atoms with Crippen molar-refractivity contribution >= 4 is 31.2 Å². The molecule has 0 spiro atoms. The summed E-state index contributed by atoms with van der Waals surface area (Å²) in [5.74, 6) is -1.58. The van der Waals surface area contributed by atoms with Crippen LogP contribution in [0.2, 0.25) is 0 Å². The van der Waals surface area contributed by atoms with E-state index in [0.29, 0.717) is 11.3 Å². The van der Waals surface area contributed by atoms with Gasteiger partial charge in [-0.3, -0.25) is 9.36 Å². The fourth-order valence-electron chi connectivity index (χ4n) is 2.47. The van der Waals surface area contributed by atoms with Crippen molar-refractivity contribution in [3.8, 4) is 0 Å². The number of carboxylic acids is 1. The molecule has 11 heteroatoms. The highest BCUT2D eigenvalue weighted by atomic mass is 31.2. The predicted molar refractivity (Wildman–Crippen MR) is 103 cm³/mol. The van der Waals surface area contributed by atoms with Crippen molar-refractivity contribution in [2.75, 3.05) is 18.1 Å². The molecule has 5 N–H and O–H groups in total. The summed E-state index contributed by atoms with van der Waals surface area (Å²) in [4.78, 5) is 54.2. The van der Waals surface area contributed by atoms with Crippen LogP contribution in [0.4, 0.5) is 10.5 Å². The van der Waals surface area contributed by atoms with Gasteiger partial charge in [0.25, 0.3) is 0 Å². The molecule has 1 atom stereocenters. The van der Waals surface area contributed by atoms with Gasteiger partial charge < -0.3 is 30.4 Å². The van der Waals surface area contributed by atoms with Crippen molar-refractivity contribution < 1.29 is 33.8 Å². The molecule has 3 amide bonds. The van der Waals surface area contributed by atoms with E-state index in [1.165, 1.54) is 6.92 Å². The molecule has 28 heavy (non-hydrogen) atoms. The summed E-state index contributed by atoms with van der Waals surface area (Å²) < 4.78 is 11.3. The molecular weight excluding hydrogens is 389 g/mol. The van der Waals surface area contributed by atoms with Crippen molar-refractivity contribution in [3.63, 3.8) is 0 Å². The van der Waals surface area contributed by atoms with E-state index in [9.17, 15) is 24.1 Å². The fourth-order valence-corrected chi connectivity index (χ4v) is 3.16. The largest absolute Gasteiger partial charge is 0.480 e. The van der Waals surface area contributed by atoms with Crippen molar-refractivity contribution in [1.29, 1.82) is 0 Å². The number of rotatable bonds is 9. The van der Waals surface area contributed by atoms with E-state index in [1.807, 2.05) is 0 Å². The lowest BCUT2D eigenvalue weighted by Gasteiger charge is -2.27. The molecule has 0 radical (unpaired) electrons. The lowest BCUT2D eigenvalue weighted by molar-refractivity contribution is -0.139. The van der Waals surface area contributed by atoms with Crippen LogP contribution >= 0.6 is 7.60 Å². The van der Waals surface area contributed by atoms with Gasteiger partial charge in [0.1, 0.15) is 12.3 Å². The third-order valence-corrected chi connectivity index (χ3v) is 4.25. The Morgan fingerprint density at radius 3 is 2.14 bits per heavy atom. The van der Waals surface area contributed by atoms with Gasteiger partial charge in [-0.1, -0.05) is 26.0 Å². The maximum Gasteiger partial charge on any atom is 0.344 e. The second-order valence-electron chi connectivity index (χ2n) is 6.84. The number of nitrogens with zero attached hydrogens (tertiary/aromatic N) is 1. The van der Waals surface area contributed by atoms with Crippen LogP contribution in [-0.2, 0) is 20.6 Å². The number of benzene rings is 1. The number of nitrogens with one attached hydrogen (secondary N) is 2. The second kappa shape index (κ2) is 10.2. The molecule has 156 valence electrons. The van der Waals surface area contributed by atoms with Crippen LogP contribution in [0.5, 0.6) is 0 Å². The minimum absolute atomic E-state index is 0.0349. The highest BCUT2D eigenvalue weighted by Gasteiger charge is 2.28. The van der Waals surface area contributed by atoms with Crippen LogP contribution in [0.3, 0.4) is 0 Å². The van der Waals surface area contributed by atoms with Crippen LogP contribution in [-0.4, -0.2) is 56.6 Å². The summed E-state index contributed by atoms with van der Waals surface area (Å²) in [5, 5.41) is 14.3. The molecule has 0 aromatic heterocycles. The Morgan fingerprint density at radius 2 is 1.71 bits per heavy atom. The van der Waals surface area contributed by atoms with Gasteiger partial charge in [0.2, 0.25) is 5.91 Å². The van der Waals surface area contributed by atoms with E-state index < -0.39 is 31.9 Å². The van der Waals surface area contributed by atoms with Gasteiger partial charge in [-0.25, -0.2) is 9.59 Å². The Bertz CT molecular complexity index is 746. The third-order valence-electron chi connectivity index (χ3n) is 3.54. The number of carbonyl (C=O) groups is 3. The summed E-state index contributed by atoms with van der Waals surface area (Å²) in [6, 6.07) is 4.31. The minimum Gasteiger partial charge on any atom is -0.480 e. The number of hydrogen-bond donors (Lipinski definition) is 5. The maximum atomic E-state index is 12.4. The van der Waals surface area contributed by atoms with Gasteiger partial charge in [0.05, 0.1) is 0 Å². The first-order valence-corrected chi connectivity index (χ1v) is 10.4. The molecule has 0 aliphatic rings. The minimum atomic E-state index is -4.50. The Morgan fingerprint density at radius 1 is 1.14 bits per heavy atom. The predicted octanol–water partition coefficient (Wildman–Crippen LogP) is 1.44. The summed E-state index contributed by atoms with van der Waals surface area (Å²) in [5.41, 5.74) is 1.16. The molecule has 1 aromatic rings. The molecule has 1 aromatic carbocycles. The molecule has 0 fully saturated rings. The number of hydrogen-bond acceptors (Lipinski definition) is 4. The fraction of sp³-hybridized carbons (Fsp3) is 0.471. The molecule has 0 aliphatic heterocycles. The van der Waals surface area contributed by atoms with Crippen LogP contribution in [0.25, 0.3) is 0 Å². The molecule has 0 aliphatic carbocycles. The van der Waals surface area contributed by atoms with Gasteiger partial charge in [0.15, 0.2) is 0 Å². The Labute approximate surface area is 163 Å². The number of anilines is 1. The first-order chi connectivity index (χ1) is 12.9. The Kier molecular flexibility index (Phi) is 8.62. The van der Waals surface area contributed by atoms with Crippen molar-refractivity contribution in [1.82, 2.24) is 10.2 Å². The zero-order valence-corrected chi connectivity index (χ0v) is 16.8. The Hall–Kier alpha value is -2.42. The maximum absolute atomic E-state index is 12.4. The lowest BCUT2D eigenvalue weighted by Crippen LogP contribution is -2.50. The molecule has 0 unspecified atom stereocenters. The first kappa shape index (κ1) is 23.6. The SMILES string of the molecule is CC(=O)Nc1ccc(C[C@H](NC(=O)N(CC(C)C)CP(=O)(O)O)C(=O)O)cc1. The zero-order valence-electron chi connectivity index (χ0n) is 16.0. The number of aliphatic carboxylic acids is 1. The van der Waals surface area contributed by atoms with Gasteiger partial charge in [-0.2, -0.15) is 0 Å². The van der Waals surface area contributed by atoms with E-state index in [4.69, 9.17) is 9.79 Å². The molecule has 10 nitrogen and oxygen atoms in total. The quantitative estimate of drug-likeness (QED) is 0.382. The smallest absolute Gasteiger partial charge is 0.344 e. The van der Waals surface area contributed by atoms with Crippen molar-refractivity contribution in [3.05, 3.63) is 29.8 Å². The van der Waals surface area contributed by atoms with Gasteiger partial charge >= 0.3 is 19.6 Å². The number of carboxylic acid groups (broad SMARTS) is 1. The van der Waals surface area contributed by atoms with Crippen LogP contribution in [0.1, 0.15) is 26.3 Å². The summed E-state index contributed by atoms with van der Waals surface area (Å²) in [6.45, 7) is 4.97. The average Bonchev–Trinajstić information content (AvgIpc) is 2.52. The number of carbonyl (C=O) groups excluding carboxylic acids is 2. The molecule has 1 rings (SSSR count). The van der Waals surface area contributed by atoms with Crippen molar-refractivity contribution in [2.45, 2.75) is 33.2 Å². The standard InChI is InChI=1S/C17H26N3O7P/c1-11(2)9-20(10-28(25,26)27)17(24)19-15(16(22)23)8-13-4-6-14(7-5-13)18-12(3)21/h4-7,11,15H,8-10H2,1-3H3,(H,18,21)(H,19,24)(H,22,23)(H2,25,26,27)/t15-/m0/s1. The summed E-state index contributed by atoms with van der Waals surface area (Å²) in [7, 11) is -4.50. The summed E-state index contributed by atoms with van der Waals surface area (Å²) in [6.07, 6.45) is -0.832. The highest BCUT2D eigenvalue weighted by molar-refractivity contribution is 7.51. The topological polar surface area (TPSA) is 156 Å².